The number of carbonyl (C=O) groups excluding carboxylic acids is 1. The molecular weight excluding hydrogens is 448 g/mol. The lowest BCUT2D eigenvalue weighted by Gasteiger charge is -2.28. The zero-order valence-corrected chi connectivity index (χ0v) is 21.4. The Bertz CT molecular complexity index is 1100. The number of benzene rings is 2. The maximum Gasteiger partial charge on any atom is 0.256 e. The molecule has 8 heteroatoms. The molecule has 2 aromatic carbocycles. The van der Waals surface area contributed by atoms with Crippen LogP contribution in [0.1, 0.15) is 48.0 Å². The van der Waals surface area contributed by atoms with Crippen LogP contribution in [0.25, 0.3) is 0 Å². The first-order chi connectivity index (χ1) is 16.3. The predicted octanol–water partition coefficient (Wildman–Crippen LogP) is 3.80. The van der Waals surface area contributed by atoms with E-state index in [-0.39, 0.29) is 10.8 Å². The maximum absolute atomic E-state index is 13.6. The lowest BCUT2D eigenvalue weighted by molar-refractivity contribution is 0.0785. The molecule has 184 valence electrons. The summed E-state index contributed by atoms with van der Waals surface area (Å²) in [5.74, 6) is -0.158. The van der Waals surface area contributed by atoms with Gasteiger partial charge < -0.3 is 14.7 Å². The van der Waals surface area contributed by atoms with Crippen molar-refractivity contribution < 1.29 is 13.2 Å². The van der Waals surface area contributed by atoms with Gasteiger partial charge in [0.1, 0.15) is 0 Å². The molecule has 0 atom stereocenters. The Labute approximate surface area is 204 Å². The van der Waals surface area contributed by atoms with Gasteiger partial charge in [0.15, 0.2) is 0 Å². The highest BCUT2D eigenvalue weighted by atomic mass is 32.2. The monoisotopic (exact) mass is 484 g/mol. The minimum atomic E-state index is -3.62. The van der Waals surface area contributed by atoms with Crippen LogP contribution in [0.15, 0.2) is 47.4 Å². The van der Waals surface area contributed by atoms with Crippen molar-refractivity contribution in [2.45, 2.75) is 43.5 Å². The van der Waals surface area contributed by atoms with Crippen molar-refractivity contribution in [3.8, 4) is 0 Å². The maximum atomic E-state index is 13.6. The Morgan fingerprint density at radius 1 is 0.853 bits per heavy atom. The van der Waals surface area contributed by atoms with E-state index in [1.807, 2.05) is 49.3 Å². The number of piperidine rings is 1. The van der Waals surface area contributed by atoms with Crippen LogP contribution >= 0.6 is 0 Å². The summed E-state index contributed by atoms with van der Waals surface area (Å²) in [6.45, 7) is 3.31. The third-order valence-corrected chi connectivity index (χ3v) is 8.71. The van der Waals surface area contributed by atoms with Crippen LogP contribution < -0.4 is 9.80 Å². The number of carbonyl (C=O) groups is 1. The van der Waals surface area contributed by atoms with Gasteiger partial charge in [0.2, 0.25) is 10.0 Å². The first-order valence-electron chi connectivity index (χ1n) is 12.2. The van der Waals surface area contributed by atoms with Crippen LogP contribution in [-0.2, 0) is 16.6 Å². The fourth-order valence-corrected chi connectivity index (χ4v) is 6.33. The van der Waals surface area contributed by atoms with E-state index in [0.717, 1.165) is 62.1 Å². The van der Waals surface area contributed by atoms with E-state index < -0.39 is 10.0 Å². The minimum Gasteiger partial charge on any atom is -0.378 e. The highest BCUT2D eigenvalue weighted by Gasteiger charge is 2.29. The van der Waals surface area contributed by atoms with Gasteiger partial charge in [0.25, 0.3) is 5.91 Å². The summed E-state index contributed by atoms with van der Waals surface area (Å²) < 4.78 is 28.2. The average Bonchev–Trinajstić information content (AvgIpc) is 3.39. The second-order valence-corrected chi connectivity index (χ2v) is 11.5. The van der Waals surface area contributed by atoms with Crippen LogP contribution in [0.4, 0.5) is 11.4 Å². The number of rotatable bonds is 7. The lowest BCUT2D eigenvalue weighted by Crippen LogP contribution is -2.36. The summed E-state index contributed by atoms with van der Waals surface area (Å²) in [5.41, 5.74) is 3.42. The molecule has 0 bridgehead atoms. The van der Waals surface area contributed by atoms with E-state index in [9.17, 15) is 13.2 Å². The Morgan fingerprint density at radius 3 is 2.09 bits per heavy atom. The summed E-state index contributed by atoms with van der Waals surface area (Å²) in [7, 11) is 2.15. The molecule has 1 amide bonds. The summed E-state index contributed by atoms with van der Waals surface area (Å²) in [4.78, 5) is 19.8. The Kier molecular flexibility index (Phi) is 7.48. The van der Waals surface area contributed by atoms with E-state index in [0.29, 0.717) is 25.2 Å². The van der Waals surface area contributed by atoms with E-state index in [4.69, 9.17) is 0 Å². The van der Waals surface area contributed by atoms with Gasteiger partial charge in [0.05, 0.1) is 10.5 Å². The Morgan fingerprint density at radius 2 is 1.47 bits per heavy atom. The molecule has 2 aliphatic heterocycles. The number of sulfonamides is 1. The van der Waals surface area contributed by atoms with Crippen molar-refractivity contribution in [3.05, 3.63) is 53.6 Å². The highest BCUT2D eigenvalue weighted by molar-refractivity contribution is 7.89. The molecule has 0 unspecified atom stereocenters. The standard InChI is InChI=1S/C26H36N4O3S/c1-27(2)22-11-9-21(10-12-22)20-28(3)26(31)24-19-23(13-14-25(24)29-15-7-8-16-29)34(32,33)30-17-5-4-6-18-30/h9-14,19H,4-8,15-18,20H2,1-3H3. The molecule has 0 aromatic heterocycles. The quantitative estimate of drug-likeness (QED) is 0.598. The van der Waals surface area contributed by atoms with Crippen LogP contribution in [0.3, 0.4) is 0 Å². The number of amides is 1. The topological polar surface area (TPSA) is 64.2 Å². The van der Waals surface area contributed by atoms with Gasteiger partial charge in [-0.05, 0) is 61.6 Å². The van der Waals surface area contributed by atoms with E-state index >= 15 is 0 Å². The molecule has 0 N–H and O–H groups in total. The van der Waals surface area contributed by atoms with Crippen LogP contribution in [-0.4, -0.2) is 70.9 Å². The van der Waals surface area contributed by atoms with Gasteiger partial charge in [-0.15, -0.1) is 0 Å². The molecule has 0 spiro atoms. The molecule has 2 fully saturated rings. The molecule has 34 heavy (non-hydrogen) atoms. The molecule has 0 radical (unpaired) electrons. The first kappa shape index (κ1) is 24.5. The molecule has 2 saturated heterocycles. The summed E-state index contributed by atoms with van der Waals surface area (Å²) in [6.07, 6.45) is 4.98. The molecular formula is C26H36N4O3S. The van der Waals surface area contributed by atoms with Gasteiger partial charge in [-0.1, -0.05) is 18.6 Å². The van der Waals surface area contributed by atoms with Gasteiger partial charge in [-0.25, -0.2) is 8.42 Å². The fraction of sp³-hybridized carbons (Fsp3) is 0.500. The first-order valence-corrected chi connectivity index (χ1v) is 13.6. The van der Waals surface area contributed by atoms with E-state index in [1.165, 1.54) is 0 Å². The van der Waals surface area contributed by atoms with Crippen molar-refractivity contribution >= 4 is 27.3 Å². The minimum absolute atomic E-state index is 0.158. The van der Waals surface area contributed by atoms with Crippen LogP contribution in [0.2, 0.25) is 0 Å². The summed E-state index contributed by atoms with van der Waals surface area (Å²) in [6, 6.07) is 13.2. The Hall–Kier alpha value is -2.58. The average molecular weight is 485 g/mol. The summed E-state index contributed by atoms with van der Waals surface area (Å²) >= 11 is 0. The predicted molar refractivity (Wildman–Crippen MR) is 137 cm³/mol. The van der Waals surface area contributed by atoms with Crippen molar-refractivity contribution in [1.29, 1.82) is 0 Å². The number of anilines is 2. The second kappa shape index (κ2) is 10.4. The number of hydrogen-bond donors (Lipinski definition) is 0. The molecule has 7 nitrogen and oxygen atoms in total. The largest absolute Gasteiger partial charge is 0.378 e. The van der Waals surface area contributed by atoms with Crippen molar-refractivity contribution in [3.63, 3.8) is 0 Å². The SMILES string of the molecule is CN(Cc1ccc(N(C)C)cc1)C(=O)c1cc(S(=O)(=O)N2CCCCC2)ccc1N1CCCC1. The normalized spacial score (nSPS) is 17.1. The van der Waals surface area contributed by atoms with Crippen molar-refractivity contribution in [2.24, 2.45) is 0 Å². The molecule has 4 rings (SSSR count). The molecule has 2 heterocycles. The zero-order chi connectivity index (χ0) is 24.3. The molecule has 0 aliphatic carbocycles. The molecule has 2 aliphatic rings. The highest BCUT2D eigenvalue weighted by Crippen LogP contribution is 2.30. The van der Waals surface area contributed by atoms with Gasteiger partial charge >= 0.3 is 0 Å². The summed E-state index contributed by atoms with van der Waals surface area (Å²) in [5, 5.41) is 0. The molecule has 2 aromatic rings. The third-order valence-electron chi connectivity index (χ3n) is 6.82. The van der Waals surface area contributed by atoms with Crippen LogP contribution in [0, 0.1) is 0 Å². The van der Waals surface area contributed by atoms with Crippen molar-refractivity contribution in [2.75, 3.05) is 57.1 Å². The zero-order valence-electron chi connectivity index (χ0n) is 20.5. The van der Waals surface area contributed by atoms with E-state index in [2.05, 4.69) is 4.90 Å². The smallest absolute Gasteiger partial charge is 0.256 e. The fourth-order valence-electron chi connectivity index (χ4n) is 4.79. The van der Waals surface area contributed by atoms with Gasteiger partial charge in [0, 0.05) is 65.2 Å². The van der Waals surface area contributed by atoms with Crippen molar-refractivity contribution in [1.82, 2.24) is 9.21 Å². The number of nitrogens with zero attached hydrogens (tertiary/aromatic N) is 4. The lowest BCUT2D eigenvalue weighted by atomic mass is 10.1. The van der Waals surface area contributed by atoms with Crippen LogP contribution in [0.5, 0.6) is 0 Å². The molecule has 0 saturated carbocycles. The Balaban J connectivity index is 1.63. The van der Waals surface area contributed by atoms with E-state index in [1.54, 1.807) is 28.4 Å². The van der Waals surface area contributed by atoms with Gasteiger partial charge in [-0.2, -0.15) is 4.31 Å². The van der Waals surface area contributed by atoms with Gasteiger partial charge in [-0.3, -0.25) is 4.79 Å². The third kappa shape index (κ3) is 5.23. The number of hydrogen-bond acceptors (Lipinski definition) is 5. The second-order valence-electron chi connectivity index (χ2n) is 9.56.